The molecule has 1 aliphatic carbocycles. The summed E-state index contributed by atoms with van der Waals surface area (Å²) < 4.78 is 11.8. The van der Waals surface area contributed by atoms with Crippen LogP contribution in [0.15, 0.2) is 226 Å². The Kier molecular flexibility index (Phi) is 9.01. The zero-order valence-electron chi connectivity index (χ0n) is 33.4. The maximum Gasteiger partial charge on any atom is 0.127 e. The van der Waals surface area contributed by atoms with Crippen molar-refractivity contribution in [2.75, 3.05) is 6.61 Å². The number of hydrogen-bond donors (Lipinski definition) is 0. The average Bonchev–Trinajstić information content (AvgIpc) is 3.71. The number of para-hydroxylation sites is 3. The minimum atomic E-state index is -2.06. The first-order chi connectivity index (χ1) is 29.7. The second-order valence-corrected chi connectivity index (χ2v) is 18.8. The van der Waals surface area contributed by atoms with E-state index in [4.69, 9.17) is 4.74 Å². The van der Waals surface area contributed by atoms with Gasteiger partial charge in [-0.05, 0) is 110 Å². The van der Waals surface area contributed by atoms with E-state index in [0.29, 0.717) is 6.61 Å². The molecule has 2 aliphatic rings. The molecule has 0 fully saturated rings. The first-order valence-corrected chi connectivity index (χ1v) is 22.5. The van der Waals surface area contributed by atoms with E-state index in [1.54, 1.807) is 0 Å². The Morgan fingerprint density at radius 2 is 1.17 bits per heavy atom. The van der Waals surface area contributed by atoms with Crippen LogP contribution in [0.5, 0.6) is 5.75 Å². The highest BCUT2D eigenvalue weighted by atomic mass is 32.3. The fraction of sp³-hybridized carbons (Fsp3) is 0.0714. The zero-order valence-corrected chi connectivity index (χ0v) is 34.2. The Morgan fingerprint density at radius 3 is 1.92 bits per heavy atom. The van der Waals surface area contributed by atoms with Gasteiger partial charge in [-0.25, -0.2) is 0 Å². The smallest absolute Gasteiger partial charge is 0.127 e. The van der Waals surface area contributed by atoms with Gasteiger partial charge in [0.2, 0.25) is 0 Å². The second-order valence-electron chi connectivity index (χ2n) is 15.6. The lowest BCUT2D eigenvalue weighted by Gasteiger charge is -2.43. The van der Waals surface area contributed by atoms with Gasteiger partial charge in [-0.1, -0.05) is 128 Å². The third-order valence-corrected chi connectivity index (χ3v) is 16.2. The van der Waals surface area contributed by atoms with Crippen molar-refractivity contribution >= 4 is 54.4 Å². The molecule has 0 unspecified atom stereocenters. The fourth-order valence-electron chi connectivity index (χ4n) is 9.54. The van der Waals surface area contributed by atoms with Crippen molar-refractivity contribution in [3.8, 4) is 17.1 Å². The van der Waals surface area contributed by atoms with E-state index in [2.05, 4.69) is 216 Å². The molecule has 0 atom stereocenters. The number of aromatic nitrogens is 2. The van der Waals surface area contributed by atoms with E-state index in [9.17, 15) is 0 Å². The van der Waals surface area contributed by atoms with Crippen molar-refractivity contribution in [3.63, 3.8) is 0 Å². The van der Waals surface area contributed by atoms with Crippen LogP contribution < -0.4 is 4.74 Å². The molecule has 0 bridgehead atoms. The van der Waals surface area contributed by atoms with E-state index < -0.39 is 10.0 Å². The predicted molar refractivity (Wildman–Crippen MR) is 253 cm³/mol. The van der Waals surface area contributed by atoms with Crippen LogP contribution in [0.1, 0.15) is 29.7 Å². The van der Waals surface area contributed by atoms with Gasteiger partial charge in [-0.2, -0.15) is 0 Å². The van der Waals surface area contributed by atoms with Crippen molar-refractivity contribution in [1.82, 2.24) is 9.13 Å². The van der Waals surface area contributed by atoms with Crippen molar-refractivity contribution in [2.24, 2.45) is 0 Å². The molecule has 7 aromatic carbocycles. The van der Waals surface area contributed by atoms with Gasteiger partial charge >= 0.3 is 0 Å². The zero-order chi connectivity index (χ0) is 40.0. The number of rotatable bonds is 6. The number of ether oxygens (including phenoxy) is 1. The number of fused-ring (bicyclic) bond motifs is 7. The average molecular weight is 793 g/mol. The van der Waals surface area contributed by atoms with Crippen molar-refractivity contribution in [3.05, 3.63) is 229 Å². The quantitative estimate of drug-likeness (QED) is 0.164. The van der Waals surface area contributed by atoms with Gasteiger partial charge in [-0.15, -0.1) is 10.0 Å². The molecule has 3 nitrogen and oxygen atoms in total. The highest BCUT2D eigenvalue weighted by Crippen LogP contribution is 2.73. The molecule has 2 aromatic heterocycles. The maximum absolute atomic E-state index is 6.84. The van der Waals surface area contributed by atoms with Crippen molar-refractivity contribution in [2.45, 2.75) is 33.9 Å². The Labute approximate surface area is 352 Å². The van der Waals surface area contributed by atoms with Crippen LogP contribution in [0.25, 0.3) is 55.7 Å². The third-order valence-electron chi connectivity index (χ3n) is 12.2. The SMILES string of the molecule is C=C1/C=C\C=C(\S(c2ccccc2)(c2ccccc2)c2cccc(-n3c4c(c5cc(-n6c7ccccc7c7ccccc76)ccc53)C=CCCC4)c2)COc2ccccc21. The summed E-state index contributed by atoms with van der Waals surface area (Å²) in [6.07, 6.45) is 14.5. The number of nitrogens with zero attached hydrogens (tertiary/aromatic N) is 2. The Bertz CT molecular complexity index is 3110. The van der Waals surface area contributed by atoms with Gasteiger partial charge < -0.3 is 13.9 Å². The number of hydrogen-bond acceptors (Lipinski definition) is 1. The van der Waals surface area contributed by atoms with Gasteiger partial charge in [0.25, 0.3) is 0 Å². The highest BCUT2D eigenvalue weighted by Gasteiger charge is 2.36. The second kappa shape index (κ2) is 15.0. The van der Waals surface area contributed by atoms with Crippen LogP contribution in [-0.2, 0) is 6.42 Å². The van der Waals surface area contributed by atoms with Crippen LogP contribution in [0.4, 0.5) is 0 Å². The highest BCUT2D eigenvalue weighted by molar-refractivity contribution is 8.37. The molecule has 4 heteroatoms. The predicted octanol–water partition coefficient (Wildman–Crippen LogP) is 14.9. The summed E-state index contributed by atoms with van der Waals surface area (Å²) in [7, 11) is -2.06. The van der Waals surface area contributed by atoms with Crippen LogP contribution >= 0.6 is 10.0 Å². The van der Waals surface area contributed by atoms with Crippen LogP contribution in [0.3, 0.4) is 0 Å². The molecule has 290 valence electrons. The van der Waals surface area contributed by atoms with Gasteiger partial charge in [0.1, 0.15) is 12.4 Å². The topological polar surface area (TPSA) is 19.1 Å². The van der Waals surface area contributed by atoms with Crippen molar-refractivity contribution < 1.29 is 4.74 Å². The van der Waals surface area contributed by atoms with E-state index >= 15 is 0 Å². The van der Waals surface area contributed by atoms with Gasteiger partial charge in [-0.3, -0.25) is 0 Å². The van der Waals surface area contributed by atoms with Crippen LogP contribution in [0, 0.1) is 0 Å². The van der Waals surface area contributed by atoms with Crippen LogP contribution in [-0.4, -0.2) is 15.7 Å². The Hall–Kier alpha value is -7.01. The van der Waals surface area contributed by atoms with E-state index in [1.165, 1.54) is 74.9 Å². The Balaban J connectivity index is 1.14. The monoisotopic (exact) mass is 792 g/mol. The molecule has 60 heavy (non-hydrogen) atoms. The Morgan fingerprint density at radius 1 is 0.533 bits per heavy atom. The minimum absolute atomic E-state index is 0.427. The van der Waals surface area contributed by atoms with E-state index in [-0.39, 0.29) is 0 Å². The lowest BCUT2D eigenvalue weighted by molar-refractivity contribution is 0.358. The molecular formula is C56H44N2OS. The van der Waals surface area contributed by atoms with Gasteiger partial charge in [0.15, 0.2) is 0 Å². The maximum atomic E-state index is 6.84. The molecule has 9 aromatic rings. The number of allylic oxidation sites excluding steroid dienone is 5. The summed E-state index contributed by atoms with van der Waals surface area (Å²) in [6, 6.07) is 64.4. The van der Waals surface area contributed by atoms with E-state index in [0.717, 1.165) is 36.1 Å². The van der Waals surface area contributed by atoms with E-state index in [1.807, 2.05) is 6.07 Å². The lowest BCUT2D eigenvalue weighted by atomic mass is 10.1. The summed E-state index contributed by atoms with van der Waals surface area (Å²) in [4.78, 5) is 5.00. The first kappa shape index (κ1) is 36.1. The summed E-state index contributed by atoms with van der Waals surface area (Å²) >= 11 is 0. The molecule has 0 radical (unpaired) electrons. The molecule has 3 heterocycles. The molecule has 11 rings (SSSR count). The summed E-state index contributed by atoms with van der Waals surface area (Å²) in [5.41, 5.74) is 10.6. The minimum Gasteiger partial charge on any atom is -0.488 e. The first-order valence-electron chi connectivity index (χ1n) is 20.8. The molecule has 0 saturated carbocycles. The standard InChI is InChI=1S/C56H44N2OS/c1-40-19-17-26-46(39-59-56-34-16-13-27-47(40)56)60(43-21-5-2-6-22-43,44-23-7-3-8-24-44)45-25-18-20-41(37-45)57-54-31-10-4-9-28-50(54)51-38-42(35-36-55(51)57)58-52-32-14-11-29-48(52)49-30-12-15-33-53(49)58/h2-3,5-9,11-30,32-38H,1,4,10,31,39H2/b19-17-,46-26+. The third kappa shape index (κ3) is 5.82. The van der Waals surface area contributed by atoms with Crippen LogP contribution in [0.2, 0.25) is 0 Å². The summed E-state index contributed by atoms with van der Waals surface area (Å²) in [6.45, 7) is 4.84. The summed E-state index contributed by atoms with van der Waals surface area (Å²) in [5.74, 6) is 0.845. The molecule has 0 saturated heterocycles. The van der Waals surface area contributed by atoms with Gasteiger partial charge in [0.05, 0.1) is 16.6 Å². The lowest BCUT2D eigenvalue weighted by Crippen LogP contribution is -2.14. The molecule has 0 amide bonds. The molecule has 1 aliphatic heterocycles. The van der Waals surface area contributed by atoms with Crippen molar-refractivity contribution in [1.29, 1.82) is 0 Å². The summed E-state index contributed by atoms with van der Waals surface area (Å²) in [5, 5.41) is 3.82. The van der Waals surface area contributed by atoms with Gasteiger partial charge in [0, 0.05) is 63.9 Å². The molecule has 0 N–H and O–H groups in total. The fourth-order valence-corrected chi connectivity index (χ4v) is 13.5. The number of benzene rings is 7. The normalized spacial score (nSPS) is 15.9. The largest absolute Gasteiger partial charge is 0.488 e. The molecular weight excluding hydrogens is 749 g/mol. The molecule has 0 spiro atoms.